The summed E-state index contributed by atoms with van der Waals surface area (Å²) in [5, 5.41) is 2.92. The Kier molecular flexibility index (Phi) is 3.97. The molecule has 1 atom stereocenters. The number of carbonyl (C=O) groups is 1. The van der Waals surface area contributed by atoms with Crippen molar-refractivity contribution >= 4 is 5.91 Å². The molecule has 0 fully saturated rings. The molecule has 5 nitrogen and oxygen atoms in total. The number of carbonyl (C=O) groups excluding carboxylic acids is 1. The normalized spacial score (nSPS) is 12.2. The Morgan fingerprint density at radius 2 is 2.11 bits per heavy atom. The summed E-state index contributed by atoms with van der Waals surface area (Å²) < 4.78 is 1.75. The van der Waals surface area contributed by atoms with Crippen LogP contribution in [0.1, 0.15) is 34.6 Å². The minimum atomic E-state index is -0.170. The summed E-state index contributed by atoms with van der Waals surface area (Å²) in [4.78, 5) is 16.0. The van der Waals surface area contributed by atoms with Crippen LogP contribution in [0.25, 0.3) is 0 Å². The predicted molar refractivity (Wildman–Crippen MR) is 73.4 cm³/mol. The van der Waals surface area contributed by atoms with E-state index in [2.05, 4.69) is 10.3 Å². The maximum absolute atomic E-state index is 12.0. The molecule has 0 aliphatic carbocycles. The highest BCUT2D eigenvalue weighted by atomic mass is 16.1. The van der Waals surface area contributed by atoms with Gasteiger partial charge in [0.25, 0.3) is 5.91 Å². The van der Waals surface area contributed by atoms with Gasteiger partial charge >= 0.3 is 0 Å². The topological polar surface area (TPSA) is 72.9 Å². The zero-order valence-corrected chi connectivity index (χ0v) is 11.1. The molecule has 1 heterocycles. The monoisotopic (exact) mass is 258 g/mol. The Bertz CT molecular complexity index is 559. The van der Waals surface area contributed by atoms with Gasteiger partial charge in [0.2, 0.25) is 0 Å². The number of rotatable bonds is 4. The summed E-state index contributed by atoms with van der Waals surface area (Å²) in [5.41, 5.74) is 8.10. The molecule has 5 heteroatoms. The van der Waals surface area contributed by atoms with Crippen LogP contribution in [0, 0.1) is 0 Å². The lowest BCUT2D eigenvalue weighted by atomic mass is 10.1. The number of aromatic nitrogens is 2. The maximum atomic E-state index is 12.0. The first-order valence-electron chi connectivity index (χ1n) is 6.18. The molecule has 1 aromatic heterocycles. The van der Waals surface area contributed by atoms with Crippen LogP contribution < -0.4 is 11.1 Å². The molecule has 1 amide bonds. The van der Waals surface area contributed by atoms with Crippen molar-refractivity contribution in [3.63, 3.8) is 0 Å². The SMILES string of the molecule is CC(NC(=O)c1cn(C)cn1)c1ccc(CN)cc1. The van der Waals surface area contributed by atoms with E-state index in [1.54, 1.807) is 17.1 Å². The van der Waals surface area contributed by atoms with Gasteiger partial charge in [-0.3, -0.25) is 4.79 Å². The van der Waals surface area contributed by atoms with Crippen molar-refractivity contribution in [2.75, 3.05) is 0 Å². The largest absolute Gasteiger partial charge is 0.344 e. The van der Waals surface area contributed by atoms with Crippen LogP contribution in [-0.4, -0.2) is 15.5 Å². The lowest BCUT2D eigenvalue weighted by Gasteiger charge is -2.13. The third-order valence-electron chi connectivity index (χ3n) is 3.00. The number of hydrogen-bond donors (Lipinski definition) is 2. The van der Waals surface area contributed by atoms with Crippen LogP contribution in [-0.2, 0) is 13.6 Å². The van der Waals surface area contributed by atoms with E-state index in [-0.39, 0.29) is 11.9 Å². The quantitative estimate of drug-likeness (QED) is 0.870. The minimum Gasteiger partial charge on any atom is -0.344 e. The number of imidazole rings is 1. The average molecular weight is 258 g/mol. The van der Waals surface area contributed by atoms with Gasteiger partial charge in [-0.1, -0.05) is 24.3 Å². The van der Waals surface area contributed by atoms with Crippen molar-refractivity contribution in [3.05, 3.63) is 53.6 Å². The number of amides is 1. The second-order valence-electron chi connectivity index (χ2n) is 4.57. The fraction of sp³-hybridized carbons (Fsp3) is 0.286. The summed E-state index contributed by atoms with van der Waals surface area (Å²) in [6.45, 7) is 2.47. The molecule has 1 unspecified atom stereocenters. The first kappa shape index (κ1) is 13.3. The number of nitrogens with two attached hydrogens (primary N) is 1. The second-order valence-corrected chi connectivity index (χ2v) is 4.57. The van der Waals surface area contributed by atoms with Crippen molar-refractivity contribution in [2.24, 2.45) is 12.8 Å². The summed E-state index contributed by atoms with van der Waals surface area (Å²) in [5.74, 6) is -0.170. The van der Waals surface area contributed by atoms with Crippen molar-refractivity contribution in [3.8, 4) is 0 Å². The fourth-order valence-electron chi connectivity index (χ4n) is 1.83. The van der Waals surface area contributed by atoms with Crippen LogP contribution in [0.5, 0.6) is 0 Å². The molecule has 19 heavy (non-hydrogen) atoms. The van der Waals surface area contributed by atoms with Crippen LogP contribution in [0.2, 0.25) is 0 Å². The van der Waals surface area contributed by atoms with Crippen LogP contribution in [0.3, 0.4) is 0 Å². The molecule has 0 saturated heterocycles. The molecule has 0 aliphatic heterocycles. The minimum absolute atomic E-state index is 0.0682. The Balaban J connectivity index is 2.03. The van der Waals surface area contributed by atoms with Gasteiger partial charge in [-0.05, 0) is 18.1 Å². The first-order chi connectivity index (χ1) is 9.10. The van der Waals surface area contributed by atoms with Gasteiger partial charge in [-0.2, -0.15) is 0 Å². The van der Waals surface area contributed by atoms with Crippen molar-refractivity contribution < 1.29 is 4.79 Å². The smallest absolute Gasteiger partial charge is 0.271 e. The molecule has 0 bridgehead atoms. The molecule has 0 spiro atoms. The first-order valence-corrected chi connectivity index (χ1v) is 6.18. The lowest BCUT2D eigenvalue weighted by Crippen LogP contribution is -2.26. The summed E-state index contributed by atoms with van der Waals surface area (Å²) in [7, 11) is 1.83. The van der Waals surface area contributed by atoms with E-state index >= 15 is 0 Å². The molecule has 3 N–H and O–H groups in total. The van der Waals surface area contributed by atoms with Crippen molar-refractivity contribution in [1.82, 2.24) is 14.9 Å². The predicted octanol–water partition coefficient (Wildman–Crippen LogP) is 1.37. The molecule has 2 aromatic rings. The molecule has 2 rings (SSSR count). The highest BCUT2D eigenvalue weighted by Crippen LogP contribution is 2.13. The fourth-order valence-corrected chi connectivity index (χ4v) is 1.83. The summed E-state index contributed by atoms with van der Waals surface area (Å²) >= 11 is 0. The van der Waals surface area contributed by atoms with E-state index in [0.717, 1.165) is 11.1 Å². The zero-order chi connectivity index (χ0) is 13.8. The molecule has 0 radical (unpaired) electrons. The standard InChI is InChI=1S/C14H18N4O/c1-10(12-5-3-11(7-15)4-6-12)17-14(19)13-8-18(2)9-16-13/h3-6,8-10H,7,15H2,1-2H3,(H,17,19). The van der Waals surface area contributed by atoms with Crippen LogP contribution in [0.15, 0.2) is 36.8 Å². The highest BCUT2D eigenvalue weighted by molar-refractivity contribution is 5.92. The Labute approximate surface area is 112 Å². The van der Waals surface area contributed by atoms with Gasteiger partial charge < -0.3 is 15.6 Å². The van der Waals surface area contributed by atoms with Gasteiger partial charge in [-0.25, -0.2) is 4.98 Å². The van der Waals surface area contributed by atoms with E-state index in [1.807, 2.05) is 38.2 Å². The second kappa shape index (κ2) is 5.67. The van der Waals surface area contributed by atoms with Gasteiger partial charge in [0.1, 0.15) is 5.69 Å². The van der Waals surface area contributed by atoms with Crippen molar-refractivity contribution in [1.29, 1.82) is 0 Å². The molecular weight excluding hydrogens is 240 g/mol. The third kappa shape index (κ3) is 3.20. The Morgan fingerprint density at radius 3 is 2.63 bits per heavy atom. The number of hydrogen-bond acceptors (Lipinski definition) is 3. The zero-order valence-electron chi connectivity index (χ0n) is 11.1. The van der Waals surface area contributed by atoms with E-state index in [4.69, 9.17) is 5.73 Å². The van der Waals surface area contributed by atoms with E-state index < -0.39 is 0 Å². The molecular formula is C14H18N4O. The van der Waals surface area contributed by atoms with Crippen molar-refractivity contribution in [2.45, 2.75) is 19.5 Å². The van der Waals surface area contributed by atoms with Gasteiger partial charge in [0, 0.05) is 19.8 Å². The summed E-state index contributed by atoms with van der Waals surface area (Å²) in [6, 6.07) is 7.83. The molecule has 0 saturated carbocycles. The Morgan fingerprint density at radius 1 is 1.42 bits per heavy atom. The van der Waals surface area contributed by atoms with Crippen LogP contribution in [0.4, 0.5) is 0 Å². The van der Waals surface area contributed by atoms with E-state index in [9.17, 15) is 4.79 Å². The Hall–Kier alpha value is -2.14. The van der Waals surface area contributed by atoms with Gasteiger partial charge in [0.05, 0.1) is 12.4 Å². The third-order valence-corrected chi connectivity index (χ3v) is 3.00. The number of benzene rings is 1. The van der Waals surface area contributed by atoms with Gasteiger partial charge in [-0.15, -0.1) is 0 Å². The number of nitrogens with zero attached hydrogens (tertiary/aromatic N) is 2. The van der Waals surface area contributed by atoms with Gasteiger partial charge in [0.15, 0.2) is 0 Å². The molecule has 0 aliphatic rings. The van der Waals surface area contributed by atoms with Crippen LogP contribution >= 0.6 is 0 Å². The molecule has 1 aromatic carbocycles. The maximum Gasteiger partial charge on any atom is 0.271 e. The number of aryl methyl sites for hydroxylation is 1. The highest BCUT2D eigenvalue weighted by Gasteiger charge is 2.13. The van der Waals surface area contributed by atoms with E-state index in [1.165, 1.54) is 0 Å². The molecule has 100 valence electrons. The number of nitrogens with one attached hydrogen (secondary N) is 1. The average Bonchev–Trinajstić information content (AvgIpc) is 2.85. The van der Waals surface area contributed by atoms with E-state index in [0.29, 0.717) is 12.2 Å². The lowest BCUT2D eigenvalue weighted by molar-refractivity contribution is 0.0935. The summed E-state index contributed by atoms with van der Waals surface area (Å²) in [6.07, 6.45) is 3.30.